The zero-order valence-corrected chi connectivity index (χ0v) is 16.5. The lowest BCUT2D eigenvalue weighted by atomic mass is 9.84. The first kappa shape index (κ1) is 21.6. The van der Waals surface area contributed by atoms with Crippen molar-refractivity contribution in [3.8, 4) is 0 Å². The van der Waals surface area contributed by atoms with Gasteiger partial charge in [0.2, 0.25) is 10.0 Å². The standard InChI is InChI=1S/C14H19BBrF3N2O4S/c1-15(22)21-7-10(6-11(21)8-25-2)20-26(23,24)13-5-9(14(17,18)19)3-4-12(13)16/h3-5,10-11,20,22H,6-8H2,1-2H3/t10-,11-/m1/s1. The third kappa shape index (κ3) is 4.99. The second kappa shape index (κ2) is 8.15. The van der Waals surface area contributed by atoms with Gasteiger partial charge < -0.3 is 14.6 Å². The maximum atomic E-state index is 12.9. The molecule has 1 heterocycles. The number of sulfonamides is 1. The van der Waals surface area contributed by atoms with Crippen molar-refractivity contribution in [2.75, 3.05) is 20.3 Å². The number of benzene rings is 1. The van der Waals surface area contributed by atoms with Gasteiger partial charge in [0.15, 0.2) is 0 Å². The van der Waals surface area contributed by atoms with Crippen LogP contribution in [-0.4, -0.2) is 57.6 Å². The minimum absolute atomic E-state index is 0.0387. The van der Waals surface area contributed by atoms with E-state index in [2.05, 4.69) is 20.7 Å². The van der Waals surface area contributed by atoms with Gasteiger partial charge in [-0.25, -0.2) is 13.1 Å². The number of halogens is 4. The van der Waals surface area contributed by atoms with E-state index in [4.69, 9.17) is 4.74 Å². The highest BCUT2D eigenvalue weighted by Crippen LogP contribution is 2.33. The van der Waals surface area contributed by atoms with Gasteiger partial charge >= 0.3 is 13.2 Å². The molecular weight excluding hydrogens is 440 g/mol. The van der Waals surface area contributed by atoms with Crippen LogP contribution in [0.1, 0.15) is 12.0 Å². The Bertz CT molecular complexity index is 748. The minimum Gasteiger partial charge on any atom is -0.437 e. The van der Waals surface area contributed by atoms with Crippen LogP contribution in [0, 0.1) is 0 Å². The molecule has 1 aliphatic heterocycles. The molecule has 2 atom stereocenters. The summed E-state index contributed by atoms with van der Waals surface area (Å²) in [5.41, 5.74) is -1.05. The van der Waals surface area contributed by atoms with Crippen molar-refractivity contribution in [2.45, 2.75) is 36.4 Å². The van der Waals surface area contributed by atoms with Crippen LogP contribution in [0.2, 0.25) is 6.82 Å². The summed E-state index contributed by atoms with van der Waals surface area (Å²) in [5, 5.41) is 9.81. The van der Waals surface area contributed by atoms with Gasteiger partial charge in [-0.2, -0.15) is 13.2 Å². The molecule has 2 N–H and O–H groups in total. The summed E-state index contributed by atoms with van der Waals surface area (Å²) < 4.78 is 71.4. The molecular formula is C14H19BBrF3N2O4S. The fourth-order valence-electron chi connectivity index (χ4n) is 3.01. The Labute approximate surface area is 159 Å². The molecule has 12 heteroatoms. The third-order valence-electron chi connectivity index (χ3n) is 4.17. The van der Waals surface area contributed by atoms with Crippen molar-refractivity contribution in [1.29, 1.82) is 0 Å². The molecule has 0 unspecified atom stereocenters. The fourth-order valence-corrected chi connectivity index (χ4v) is 5.24. The topological polar surface area (TPSA) is 78.9 Å². The predicted molar refractivity (Wildman–Crippen MR) is 94.1 cm³/mol. The van der Waals surface area contributed by atoms with E-state index < -0.39 is 39.8 Å². The van der Waals surface area contributed by atoms with Crippen molar-refractivity contribution in [1.82, 2.24) is 9.53 Å². The van der Waals surface area contributed by atoms with E-state index in [-0.39, 0.29) is 17.1 Å². The van der Waals surface area contributed by atoms with Crippen LogP contribution in [0.4, 0.5) is 13.2 Å². The van der Waals surface area contributed by atoms with Crippen LogP contribution in [0.15, 0.2) is 27.6 Å². The molecule has 1 saturated heterocycles. The summed E-state index contributed by atoms with van der Waals surface area (Å²) in [4.78, 5) is 1.20. The van der Waals surface area contributed by atoms with Crippen molar-refractivity contribution in [3.63, 3.8) is 0 Å². The van der Waals surface area contributed by atoms with Gasteiger partial charge in [-0.3, -0.25) is 0 Å². The number of rotatable bonds is 6. The van der Waals surface area contributed by atoms with E-state index in [1.165, 1.54) is 7.11 Å². The summed E-state index contributed by atoms with van der Waals surface area (Å²) in [6.07, 6.45) is -4.28. The van der Waals surface area contributed by atoms with Gasteiger partial charge in [0.25, 0.3) is 0 Å². The Kier molecular flexibility index (Phi) is 6.79. The summed E-state index contributed by atoms with van der Waals surface area (Å²) in [7, 11) is -3.49. The Morgan fingerprint density at radius 2 is 2.12 bits per heavy atom. The highest BCUT2D eigenvalue weighted by Gasteiger charge is 2.39. The van der Waals surface area contributed by atoms with Gasteiger partial charge in [0, 0.05) is 30.2 Å². The summed E-state index contributed by atoms with van der Waals surface area (Å²) in [5.74, 6) is 0. The van der Waals surface area contributed by atoms with Crippen LogP contribution in [0.3, 0.4) is 0 Å². The fraction of sp³-hybridized carbons (Fsp3) is 0.571. The van der Waals surface area contributed by atoms with Gasteiger partial charge in [-0.1, -0.05) is 0 Å². The van der Waals surface area contributed by atoms with Gasteiger partial charge in [0.05, 0.1) is 17.1 Å². The van der Waals surface area contributed by atoms with Crippen LogP contribution in [0.5, 0.6) is 0 Å². The molecule has 0 amide bonds. The summed E-state index contributed by atoms with van der Waals surface area (Å²) >= 11 is 3.00. The Morgan fingerprint density at radius 1 is 1.46 bits per heavy atom. The maximum absolute atomic E-state index is 12.9. The van der Waals surface area contributed by atoms with Crippen LogP contribution < -0.4 is 4.72 Å². The molecule has 146 valence electrons. The first-order valence-corrected chi connectivity index (χ1v) is 10.0. The van der Waals surface area contributed by atoms with E-state index in [0.717, 1.165) is 12.1 Å². The van der Waals surface area contributed by atoms with Crippen molar-refractivity contribution in [3.05, 3.63) is 28.2 Å². The van der Waals surface area contributed by atoms with E-state index in [1.807, 2.05) is 0 Å². The van der Waals surface area contributed by atoms with Crippen molar-refractivity contribution in [2.24, 2.45) is 0 Å². The average molecular weight is 459 g/mol. The first-order chi connectivity index (χ1) is 12.0. The smallest absolute Gasteiger partial charge is 0.416 e. The van der Waals surface area contributed by atoms with Crippen LogP contribution in [0.25, 0.3) is 0 Å². The quantitative estimate of drug-likeness (QED) is 0.637. The van der Waals surface area contributed by atoms with Gasteiger partial charge in [-0.05, 0) is 47.4 Å². The second-order valence-electron chi connectivity index (χ2n) is 6.13. The Hall–Kier alpha value is -0.655. The van der Waals surface area contributed by atoms with Crippen molar-refractivity contribution >= 4 is 33.0 Å². The van der Waals surface area contributed by atoms with Gasteiger partial charge in [-0.15, -0.1) is 0 Å². The van der Waals surface area contributed by atoms with E-state index >= 15 is 0 Å². The largest absolute Gasteiger partial charge is 0.437 e. The van der Waals surface area contributed by atoms with E-state index in [1.54, 1.807) is 11.6 Å². The lowest BCUT2D eigenvalue weighted by Gasteiger charge is -2.24. The molecule has 2 rings (SSSR count). The molecule has 1 fully saturated rings. The molecule has 0 saturated carbocycles. The lowest BCUT2D eigenvalue weighted by molar-refractivity contribution is -0.137. The maximum Gasteiger partial charge on any atom is 0.416 e. The predicted octanol–water partition coefficient (Wildman–Crippen LogP) is 1.95. The van der Waals surface area contributed by atoms with Crippen molar-refractivity contribution < 1.29 is 31.3 Å². The molecule has 1 aromatic carbocycles. The first-order valence-electron chi connectivity index (χ1n) is 7.77. The molecule has 1 aromatic rings. The minimum atomic E-state index is -4.65. The molecule has 26 heavy (non-hydrogen) atoms. The van der Waals surface area contributed by atoms with Crippen LogP contribution >= 0.6 is 15.9 Å². The van der Waals surface area contributed by atoms with Crippen LogP contribution in [-0.2, 0) is 20.9 Å². The SMILES string of the molecule is COC[C@H]1C[C@@H](NS(=O)(=O)c2cc(C(F)(F)F)ccc2Br)CN1B(C)O. The van der Waals surface area contributed by atoms with E-state index in [0.29, 0.717) is 19.1 Å². The monoisotopic (exact) mass is 458 g/mol. The number of hydrogen-bond acceptors (Lipinski definition) is 5. The number of nitrogens with zero attached hydrogens (tertiary/aromatic N) is 1. The lowest BCUT2D eigenvalue weighted by Crippen LogP contribution is -2.44. The number of hydrogen-bond donors (Lipinski definition) is 2. The molecule has 0 bridgehead atoms. The normalized spacial score (nSPS) is 22.0. The molecule has 0 spiro atoms. The molecule has 6 nitrogen and oxygen atoms in total. The number of nitrogens with one attached hydrogen (secondary N) is 1. The zero-order valence-electron chi connectivity index (χ0n) is 14.1. The second-order valence-corrected chi connectivity index (χ2v) is 8.67. The highest BCUT2D eigenvalue weighted by atomic mass is 79.9. The number of ether oxygens (including phenoxy) is 1. The molecule has 1 aliphatic rings. The molecule has 0 aromatic heterocycles. The zero-order chi connectivity index (χ0) is 19.7. The Morgan fingerprint density at radius 3 is 2.65 bits per heavy atom. The average Bonchev–Trinajstić information content (AvgIpc) is 2.88. The highest BCUT2D eigenvalue weighted by molar-refractivity contribution is 9.10. The molecule has 0 radical (unpaired) electrons. The van der Waals surface area contributed by atoms with Gasteiger partial charge in [0.1, 0.15) is 0 Å². The molecule has 0 aliphatic carbocycles. The number of methoxy groups -OCH3 is 1. The summed E-state index contributed by atoms with van der Waals surface area (Å²) in [6, 6.07) is 1.71. The summed E-state index contributed by atoms with van der Waals surface area (Å²) in [6.45, 7) is 2.08. The Balaban J connectivity index is 2.24. The third-order valence-corrected chi connectivity index (χ3v) is 6.68. The van der Waals surface area contributed by atoms with E-state index in [9.17, 15) is 26.6 Å². The number of alkyl halides is 3.